The highest BCUT2D eigenvalue weighted by Gasteiger charge is 2.19. The van der Waals surface area contributed by atoms with Crippen molar-refractivity contribution in [2.24, 2.45) is 0 Å². The van der Waals surface area contributed by atoms with E-state index in [0.29, 0.717) is 6.10 Å². The SMILES string of the molecule is CCOC1CCN(Cc2ccc(N)cn2)CC1. The molecule has 17 heavy (non-hydrogen) atoms. The Kier molecular flexibility index (Phi) is 4.34. The Morgan fingerprint density at radius 2 is 2.18 bits per heavy atom. The fourth-order valence-electron chi connectivity index (χ4n) is 2.23. The van der Waals surface area contributed by atoms with Crippen molar-refractivity contribution in [2.45, 2.75) is 32.4 Å². The lowest BCUT2D eigenvalue weighted by molar-refractivity contribution is 0.0123. The maximum Gasteiger partial charge on any atom is 0.0599 e. The average Bonchev–Trinajstić information content (AvgIpc) is 2.35. The smallest absolute Gasteiger partial charge is 0.0599 e. The van der Waals surface area contributed by atoms with Gasteiger partial charge in [0, 0.05) is 26.2 Å². The van der Waals surface area contributed by atoms with Crippen LogP contribution in [0.5, 0.6) is 0 Å². The standard InChI is InChI=1S/C13H21N3O/c1-2-17-13-5-7-16(8-6-13)10-12-4-3-11(14)9-15-12/h3-4,9,13H,2,5-8,10,14H2,1H3. The quantitative estimate of drug-likeness (QED) is 0.862. The van der Waals surface area contributed by atoms with Crippen LogP contribution in [0.3, 0.4) is 0 Å². The van der Waals surface area contributed by atoms with E-state index >= 15 is 0 Å². The number of rotatable bonds is 4. The second-order valence-corrected chi connectivity index (χ2v) is 4.51. The van der Waals surface area contributed by atoms with Gasteiger partial charge in [-0.25, -0.2) is 0 Å². The highest BCUT2D eigenvalue weighted by Crippen LogP contribution is 2.15. The Hall–Kier alpha value is -1.13. The first-order valence-corrected chi connectivity index (χ1v) is 6.32. The topological polar surface area (TPSA) is 51.4 Å². The molecule has 1 aliphatic heterocycles. The molecule has 2 rings (SSSR count). The van der Waals surface area contributed by atoms with Crippen LogP contribution in [0.15, 0.2) is 18.3 Å². The molecule has 0 aromatic carbocycles. The summed E-state index contributed by atoms with van der Waals surface area (Å²) in [5.74, 6) is 0. The zero-order valence-corrected chi connectivity index (χ0v) is 10.4. The number of hydrogen-bond donors (Lipinski definition) is 1. The van der Waals surface area contributed by atoms with Crippen LogP contribution >= 0.6 is 0 Å². The van der Waals surface area contributed by atoms with Gasteiger partial charge in [-0.1, -0.05) is 0 Å². The molecule has 1 aromatic heterocycles. The zero-order chi connectivity index (χ0) is 12.1. The van der Waals surface area contributed by atoms with E-state index in [1.165, 1.54) is 0 Å². The molecule has 2 N–H and O–H groups in total. The molecule has 1 aromatic rings. The summed E-state index contributed by atoms with van der Waals surface area (Å²) in [6.45, 7) is 5.99. The Morgan fingerprint density at radius 1 is 1.41 bits per heavy atom. The van der Waals surface area contributed by atoms with Crippen LogP contribution in [0.2, 0.25) is 0 Å². The molecule has 0 spiro atoms. The predicted molar refractivity (Wildman–Crippen MR) is 68.6 cm³/mol. The van der Waals surface area contributed by atoms with Gasteiger partial charge < -0.3 is 10.5 Å². The molecule has 0 unspecified atom stereocenters. The van der Waals surface area contributed by atoms with E-state index in [0.717, 1.165) is 50.5 Å². The number of hydrogen-bond acceptors (Lipinski definition) is 4. The molecule has 4 heteroatoms. The number of nitrogens with zero attached hydrogens (tertiary/aromatic N) is 2. The second-order valence-electron chi connectivity index (χ2n) is 4.51. The monoisotopic (exact) mass is 235 g/mol. The second kappa shape index (κ2) is 5.98. The molecule has 0 atom stereocenters. The molecular formula is C13H21N3O. The van der Waals surface area contributed by atoms with Gasteiger partial charge in [0.2, 0.25) is 0 Å². The number of nitrogens with two attached hydrogens (primary N) is 1. The van der Waals surface area contributed by atoms with Crippen LogP contribution < -0.4 is 5.73 Å². The van der Waals surface area contributed by atoms with Gasteiger partial charge >= 0.3 is 0 Å². The highest BCUT2D eigenvalue weighted by atomic mass is 16.5. The summed E-state index contributed by atoms with van der Waals surface area (Å²) in [5.41, 5.74) is 7.44. The third kappa shape index (κ3) is 3.68. The van der Waals surface area contributed by atoms with Gasteiger partial charge in [0.1, 0.15) is 0 Å². The number of pyridine rings is 1. The summed E-state index contributed by atoms with van der Waals surface area (Å²) in [4.78, 5) is 6.75. The van der Waals surface area contributed by atoms with Crippen molar-refractivity contribution in [2.75, 3.05) is 25.4 Å². The molecule has 1 saturated heterocycles. The molecule has 94 valence electrons. The number of piperidine rings is 1. The summed E-state index contributed by atoms with van der Waals surface area (Å²) in [6.07, 6.45) is 4.43. The molecule has 2 heterocycles. The average molecular weight is 235 g/mol. The summed E-state index contributed by atoms with van der Waals surface area (Å²) in [7, 11) is 0. The van der Waals surface area contributed by atoms with Crippen LogP contribution in [0.25, 0.3) is 0 Å². The third-order valence-corrected chi connectivity index (χ3v) is 3.17. The maximum atomic E-state index is 5.64. The Balaban J connectivity index is 1.79. The zero-order valence-electron chi connectivity index (χ0n) is 10.4. The number of aromatic nitrogens is 1. The van der Waals surface area contributed by atoms with Gasteiger partial charge in [0.05, 0.1) is 23.7 Å². The maximum absolute atomic E-state index is 5.64. The lowest BCUT2D eigenvalue weighted by Crippen LogP contribution is -2.36. The summed E-state index contributed by atoms with van der Waals surface area (Å²) < 4.78 is 5.64. The summed E-state index contributed by atoms with van der Waals surface area (Å²) in [5, 5.41) is 0. The van der Waals surface area contributed by atoms with Crippen LogP contribution in [0.4, 0.5) is 5.69 Å². The summed E-state index contributed by atoms with van der Waals surface area (Å²) >= 11 is 0. The molecule has 1 aliphatic rings. The fourth-order valence-corrected chi connectivity index (χ4v) is 2.23. The first-order chi connectivity index (χ1) is 8.28. The van der Waals surface area contributed by atoms with Crippen LogP contribution in [0, 0.1) is 0 Å². The lowest BCUT2D eigenvalue weighted by atomic mass is 10.1. The van der Waals surface area contributed by atoms with E-state index in [9.17, 15) is 0 Å². The predicted octanol–water partition coefficient (Wildman–Crippen LogP) is 1.66. The fraction of sp³-hybridized carbons (Fsp3) is 0.615. The Labute approximate surface area is 103 Å². The Bertz CT molecular complexity index is 331. The minimum atomic E-state index is 0.454. The van der Waals surface area contributed by atoms with Gasteiger partial charge in [-0.3, -0.25) is 9.88 Å². The van der Waals surface area contributed by atoms with Gasteiger partial charge in [-0.2, -0.15) is 0 Å². The largest absolute Gasteiger partial charge is 0.397 e. The minimum absolute atomic E-state index is 0.454. The normalized spacial score (nSPS) is 18.4. The number of anilines is 1. The van der Waals surface area contributed by atoms with Crippen molar-refractivity contribution >= 4 is 5.69 Å². The van der Waals surface area contributed by atoms with Crippen molar-refractivity contribution < 1.29 is 4.74 Å². The van der Waals surface area contributed by atoms with Crippen molar-refractivity contribution in [3.05, 3.63) is 24.0 Å². The van der Waals surface area contributed by atoms with E-state index in [2.05, 4.69) is 16.8 Å². The summed E-state index contributed by atoms with van der Waals surface area (Å²) in [6, 6.07) is 3.92. The van der Waals surface area contributed by atoms with Crippen LogP contribution in [-0.2, 0) is 11.3 Å². The van der Waals surface area contributed by atoms with Gasteiger partial charge in [0.25, 0.3) is 0 Å². The molecule has 0 amide bonds. The molecule has 0 aliphatic carbocycles. The minimum Gasteiger partial charge on any atom is -0.397 e. The molecule has 4 nitrogen and oxygen atoms in total. The number of likely N-dealkylation sites (tertiary alicyclic amines) is 1. The number of ether oxygens (including phenoxy) is 1. The lowest BCUT2D eigenvalue weighted by Gasteiger charge is -2.31. The Morgan fingerprint density at radius 3 is 2.76 bits per heavy atom. The van der Waals surface area contributed by atoms with Crippen molar-refractivity contribution in [3.8, 4) is 0 Å². The van der Waals surface area contributed by atoms with Crippen LogP contribution in [-0.4, -0.2) is 35.7 Å². The highest BCUT2D eigenvalue weighted by molar-refractivity contribution is 5.34. The van der Waals surface area contributed by atoms with Crippen LogP contribution in [0.1, 0.15) is 25.5 Å². The molecule has 0 saturated carbocycles. The van der Waals surface area contributed by atoms with E-state index in [1.54, 1.807) is 6.20 Å². The van der Waals surface area contributed by atoms with Gasteiger partial charge in [0.15, 0.2) is 0 Å². The van der Waals surface area contributed by atoms with Gasteiger partial charge in [-0.05, 0) is 31.9 Å². The molecule has 0 radical (unpaired) electrons. The molecule has 1 fully saturated rings. The van der Waals surface area contributed by atoms with E-state index in [-0.39, 0.29) is 0 Å². The van der Waals surface area contributed by atoms with Crippen molar-refractivity contribution in [3.63, 3.8) is 0 Å². The van der Waals surface area contributed by atoms with Crippen molar-refractivity contribution in [1.82, 2.24) is 9.88 Å². The molecular weight excluding hydrogens is 214 g/mol. The third-order valence-electron chi connectivity index (χ3n) is 3.17. The first kappa shape index (κ1) is 12.3. The van der Waals surface area contributed by atoms with E-state index in [1.807, 2.05) is 12.1 Å². The van der Waals surface area contributed by atoms with Crippen molar-refractivity contribution in [1.29, 1.82) is 0 Å². The van der Waals surface area contributed by atoms with Gasteiger partial charge in [-0.15, -0.1) is 0 Å². The van der Waals surface area contributed by atoms with E-state index < -0.39 is 0 Å². The number of nitrogen functional groups attached to an aromatic ring is 1. The first-order valence-electron chi connectivity index (χ1n) is 6.32. The van der Waals surface area contributed by atoms with E-state index in [4.69, 9.17) is 10.5 Å². The molecule has 0 bridgehead atoms.